The van der Waals surface area contributed by atoms with E-state index in [0.29, 0.717) is 13.1 Å². The summed E-state index contributed by atoms with van der Waals surface area (Å²) in [4.78, 5) is 14.0. The largest absolute Gasteiger partial charge is 0.434 e. The summed E-state index contributed by atoms with van der Waals surface area (Å²) in [5.41, 5.74) is 5.64. The van der Waals surface area contributed by atoms with E-state index >= 15 is 0 Å². The highest BCUT2D eigenvalue weighted by Gasteiger charge is 2.33. The summed E-state index contributed by atoms with van der Waals surface area (Å²) in [5.74, 6) is -0.394. The number of ether oxygens (including phenoxy) is 1. The molecule has 0 atom stereocenters. The molecule has 0 aromatic heterocycles. The first-order valence-electron chi connectivity index (χ1n) is 6.18. The quantitative estimate of drug-likeness (QED) is 0.858. The third kappa shape index (κ3) is 3.41. The SMILES string of the molecule is NCCN(C(=O)c1ccccc1OC(F)F)C1CC1. The molecule has 0 bridgehead atoms. The van der Waals surface area contributed by atoms with Gasteiger partial charge in [0.2, 0.25) is 0 Å². The first-order chi connectivity index (χ1) is 9.13. The van der Waals surface area contributed by atoms with Crippen LogP contribution in [0.25, 0.3) is 0 Å². The van der Waals surface area contributed by atoms with E-state index in [1.54, 1.807) is 17.0 Å². The molecule has 1 aromatic rings. The van der Waals surface area contributed by atoms with Gasteiger partial charge in [0.1, 0.15) is 5.75 Å². The Labute approximate surface area is 110 Å². The molecule has 1 fully saturated rings. The van der Waals surface area contributed by atoms with E-state index in [4.69, 9.17) is 5.73 Å². The molecule has 0 spiro atoms. The Balaban J connectivity index is 2.21. The molecule has 1 amide bonds. The second-order valence-corrected chi connectivity index (χ2v) is 4.39. The van der Waals surface area contributed by atoms with E-state index in [2.05, 4.69) is 4.74 Å². The third-order valence-electron chi connectivity index (χ3n) is 2.95. The second kappa shape index (κ2) is 5.97. The minimum absolute atomic E-state index is 0.0924. The van der Waals surface area contributed by atoms with Crippen LogP contribution in [0.3, 0.4) is 0 Å². The van der Waals surface area contributed by atoms with E-state index < -0.39 is 6.61 Å². The summed E-state index contributed by atoms with van der Waals surface area (Å²) in [5, 5.41) is 0. The predicted octanol–water partition coefficient (Wildman–Crippen LogP) is 1.85. The van der Waals surface area contributed by atoms with E-state index in [1.807, 2.05) is 0 Å². The van der Waals surface area contributed by atoms with Crippen molar-refractivity contribution < 1.29 is 18.3 Å². The maximum absolute atomic E-state index is 12.4. The molecule has 2 rings (SSSR count). The Morgan fingerprint density at radius 2 is 2.11 bits per heavy atom. The van der Waals surface area contributed by atoms with Gasteiger partial charge in [-0.2, -0.15) is 8.78 Å². The van der Waals surface area contributed by atoms with Gasteiger partial charge in [-0.3, -0.25) is 4.79 Å². The van der Waals surface area contributed by atoms with Gasteiger partial charge in [-0.25, -0.2) is 0 Å². The molecule has 0 radical (unpaired) electrons. The molecule has 1 saturated carbocycles. The average molecular weight is 270 g/mol. The van der Waals surface area contributed by atoms with Crippen molar-refractivity contribution in [1.82, 2.24) is 4.90 Å². The van der Waals surface area contributed by atoms with Crippen LogP contribution in [0.2, 0.25) is 0 Å². The van der Waals surface area contributed by atoms with Crippen molar-refractivity contribution >= 4 is 5.91 Å². The van der Waals surface area contributed by atoms with Crippen LogP contribution < -0.4 is 10.5 Å². The highest BCUT2D eigenvalue weighted by atomic mass is 19.3. The van der Waals surface area contributed by atoms with E-state index in [0.717, 1.165) is 12.8 Å². The number of amides is 1. The van der Waals surface area contributed by atoms with Gasteiger partial charge < -0.3 is 15.4 Å². The van der Waals surface area contributed by atoms with Gasteiger partial charge in [0.05, 0.1) is 5.56 Å². The molecule has 2 N–H and O–H groups in total. The van der Waals surface area contributed by atoms with Crippen LogP contribution >= 0.6 is 0 Å². The number of carbonyl (C=O) groups excluding carboxylic acids is 1. The first-order valence-corrected chi connectivity index (χ1v) is 6.18. The van der Waals surface area contributed by atoms with Crippen LogP contribution in [0.1, 0.15) is 23.2 Å². The van der Waals surface area contributed by atoms with Gasteiger partial charge in [0.25, 0.3) is 5.91 Å². The van der Waals surface area contributed by atoms with Gasteiger partial charge in [0, 0.05) is 19.1 Å². The smallest absolute Gasteiger partial charge is 0.387 e. The van der Waals surface area contributed by atoms with Gasteiger partial charge in [-0.1, -0.05) is 12.1 Å². The Morgan fingerprint density at radius 3 is 2.68 bits per heavy atom. The zero-order valence-electron chi connectivity index (χ0n) is 10.4. The molecular weight excluding hydrogens is 254 g/mol. The van der Waals surface area contributed by atoms with Crippen LogP contribution in [0.5, 0.6) is 5.75 Å². The van der Waals surface area contributed by atoms with Crippen molar-refractivity contribution in [2.75, 3.05) is 13.1 Å². The zero-order valence-corrected chi connectivity index (χ0v) is 10.4. The van der Waals surface area contributed by atoms with Gasteiger partial charge in [-0.15, -0.1) is 0 Å². The number of nitrogens with zero attached hydrogens (tertiary/aromatic N) is 1. The summed E-state index contributed by atoms with van der Waals surface area (Å²) >= 11 is 0. The van der Waals surface area contributed by atoms with Crippen LogP contribution in [-0.2, 0) is 0 Å². The van der Waals surface area contributed by atoms with Crippen LogP contribution in [0.15, 0.2) is 24.3 Å². The number of alkyl halides is 2. The van der Waals surface area contributed by atoms with Gasteiger partial charge in [0.15, 0.2) is 0 Å². The number of halogens is 2. The fourth-order valence-electron chi connectivity index (χ4n) is 1.97. The second-order valence-electron chi connectivity index (χ2n) is 4.39. The fraction of sp³-hybridized carbons (Fsp3) is 0.462. The lowest BCUT2D eigenvalue weighted by Gasteiger charge is -2.22. The Morgan fingerprint density at radius 1 is 1.42 bits per heavy atom. The van der Waals surface area contributed by atoms with Crippen LogP contribution in [0.4, 0.5) is 8.78 Å². The van der Waals surface area contributed by atoms with Gasteiger partial charge in [-0.05, 0) is 25.0 Å². The minimum atomic E-state index is -2.95. The topological polar surface area (TPSA) is 55.6 Å². The maximum Gasteiger partial charge on any atom is 0.387 e. The van der Waals surface area contributed by atoms with E-state index in [1.165, 1.54) is 12.1 Å². The Hall–Kier alpha value is -1.69. The Bertz CT molecular complexity index is 450. The maximum atomic E-state index is 12.4. The number of nitrogens with two attached hydrogens (primary N) is 1. The van der Waals surface area contributed by atoms with Crippen molar-refractivity contribution in [3.8, 4) is 5.75 Å². The number of hydrogen-bond acceptors (Lipinski definition) is 3. The molecular formula is C13H16F2N2O2. The lowest BCUT2D eigenvalue weighted by molar-refractivity contribution is -0.0502. The molecule has 104 valence electrons. The third-order valence-corrected chi connectivity index (χ3v) is 2.95. The van der Waals surface area contributed by atoms with Crippen molar-refractivity contribution in [3.63, 3.8) is 0 Å². The molecule has 0 unspecified atom stereocenters. The number of rotatable bonds is 6. The van der Waals surface area contributed by atoms with Crippen LogP contribution in [0, 0.1) is 0 Å². The molecule has 0 saturated heterocycles. The molecule has 19 heavy (non-hydrogen) atoms. The van der Waals surface area contributed by atoms with Crippen LogP contribution in [-0.4, -0.2) is 36.5 Å². The summed E-state index contributed by atoms with van der Waals surface area (Å²) in [6.45, 7) is -2.18. The lowest BCUT2D eigenvalue weighted by Crippen LogP contribution is -2.37. The summed E-state index contributed by atoms with van der Waals surface area (Å²) < 4.78 is 29.0. The summed E-state index contributed by atoms with van der Waals surface area (Å²) in [7, 11) is 0. The van der Waals surface area contributed by atoms with Crippen molar-refractivity contribution in [3.05, 3.63) is 29.8 Å². The molecule has 1 aliphatic carbocycles. The molecule has 1 aliphatic rings. The Kier molecular flexibility index (Phi) is 4.31. The number of benzene rings is 1. The first kappa shape index (κ1) is 13.7. The average Bonchev–Trinajstić information content (AvgIpc) is 3.19. The van der Waals surface area contributed by atoms with Crippen molar-refractivity contribution in [2.24, 2.45) is 5.73 Å². The molecule has 1 aromatic carbocycles. The summed E-state index contributed by atoms with van der Waals surface area (Å²) in [6.07, 6.45) is 1.87. The predicted molar refractivity (Wildman–Crippen MR) is 66.2 cm³/mol. The zero-order chi connectivity index (χ0) is 13.8. The van der Waals surface area contributed by atoms with Crippen molar-refractivity contribution in [1.29, 1.82) is 0 Å². The standard InChI is InChI=1S/C13H16F2N2O2/c14-13(15)19-11-4-2-1-3-10(11)12(18)17(8-7-16)9-5-6-9/h1-4,9,13H,5-8,16H2. The fourth-order valence-corrected chi connectivity index (χ4v) is 1.97. The highest BCUT2D eigenvalue weighted by Crippen LogP contribution is 2.30. The molecule has 4 nitrogen and oxygen atoms in total. The van der Waals surface area contributed by atoms with Gasteiger partial charge >= 0.3 is 6.61 Å². The normalized spacial score (nSPS) is 14.5. The molecule has 0 aliphatic heterocycles. The van der Waals surface area contributed by atoms with E-state index in [-0.39, 0.29) is 23.3 Å². The summed E-state index contributed by atoms with van der Waals surface area (Å²) in [6, 6.07) is 6.22. The molecule has 6 heteroatoms. The number of para-hydroxylation sites is 1. The van der Waals surface area contributed by atoms with E-state index in [9.17, 15) is 13.6 Å². The monoisotopic (exact) mass is 270 g/mol. The highest BCUT2D eigenvalue weighted by molar-refractivity contribution is 5.97. The van der Waals surface area contributed by atoms with Crippen molar-refractivity contribution in [2.45, 2.75) is 25.5 Å². The number of carbonyl (C=O) groups is 1. The number of hydrogen-bond donors (Lipinski definition) is 1. The molecule has 0 heterocycles. The lowest BCUT2D eigenvalue weighted by atomic mass is 10.1. The minimum Gasteiger partial charge on any atom is -0.434 e.